The summed E-state index contributed by atoms with van der Waals surface area (Å²) in [5.41, 5.74) is -0.0189. The molecule has 1 aliphatic carbocycles. The summed E-state index contributed by atoms with van der Waals surface area (Å²) in [5, 5.41) is 22.3. The van der Waals surface area contributed by atoms with Gasteiger partial charge in [0.25, 0.3) is 0 Å². The number of carboxylic acid groups (broad SMARTS) is 1. The van der Waals surface area contributed by atoms with E-state index in [-0.39, 0.29) is 47.4 Å². The predicted octanol–water partition coefficient (Wildman–Crippen LogP) is -3.86. The summed E-state index contributed by atoms with van der Waals surface area (Å²) >= 11 is 7.31. The molecular formula is C16H13ClN5NaO4S. The van der Waals surface area contributed by atoms with Crippen molar-refractivity contribution in [2.75, 3.05) is 0 Å². The fourth-order valence-electron chi connectivity index (χ4n) is 4.12. The molecule has 12 heteroatoms. The van der Waals surface area contributed by atoms with Crippen molar-refractivity contribution in [3.63, 3.8) is 0 Å². The monoisotopic (exact) mass is 429 g/mol. The van der Waals surface area contributed by atoms with Crippen LogP contribution in [0.1, 0.15) is 13.3 Å². The van der Waals surface area contributed by atoms with Crippen molar-refractivity contribution in [2.45, 2.75) is 41.6 Å². The molecule has 0 spiro atoms. The van der Waals surface area contributed by atoms with Crippen LogP contribution in [0.3, 0.4) is 0 Å². The predicted molar refractivity (Wildman–Crippen MR) is 93.5 cm³/mol. The van der Waals surface area contributed by atoms with Crippen LogP contribution < -0.4 is 40.0 Å². The SMILES string of the molecule is CC12CC1(C(=O)[O-])N1C(=O)C(NC(=O)Cn3nnc4cc(Cl)ccc43)[C@@H]1S2.[Na+]. The average molecular weight is 430 g/mol. The number of hydrogen-bond acceptors (Lipinski definition) is 7. The molecule has 140 valence electrons. The first-order valence-corrected chi connectivity index (χ1v) is 9.53. The standard InChI is InChI=1S/C16H14ClN5O4S.Na/c1-15-6-16(15,14(25)26)22-12(24)11(13(22)27-15)18-10(23)5-21-9-3-2-7(17)4-8(9)19-20-21;/h2-4,11,13H,5-6H2,1H3,(H,18,23)(H,25,26);/q;+1/p-1/t11?,13-,15?,16?;/m0./s1. The molecule has 2 saturated heterocycles. The number of fused-ring (bicyclic) bond motifs is 4. The Balaban J connectivity index is 0.00000192. The largest absolute Gasteiger partial charge is 1.00 e. The molecule has 1 aromatic carbocycles. The maximum atomic E-state index is 12.5. The van der Waals surface area contributed by atoms with E-state index in [2.05, 4.69) is 15.6 Å². The molecule has 0 radical (unpaired) electrons. The van der Waals surface area contributed by atoms with Gasteiger partial charge in [0, 0.05) is 9.77 Å². The maximum Gasteiger partial charge on any atom is 1.00 e. The Bertz CT molecular complexity index is 1050. The second-order valence-electron chi connectivity index (χ2n) is 7.20. The van der Waals surface area contributed by atoms with E-state index in [1.165, 1.54) is 21.3 Å². The summed E-state index contributed by atoms with van der Waals surface area (Å²) in [4.78, 5) is 37.8. The molecule has 4 atom stereocenters. The number of rotatable bonds is 4. The molecule has 9 nitrogen and oxygen atoms in total. The third-order valence-corrected chi connectivity index (χ3v) is 7.56. The molecule has 3 fully saturated rings. The van der Waals surface area contributed by atoms with Gasteiger partial charge in [0.05, 0.1) is 17.0 Å². The van der Waals surface area contributed by atoms with Gasteiger partial charge in [-0.15, -0.1) is 16.9 Å². The van der Waals surface area contributed by atoms with Crippen molar-refractivity contribution in [2.24, 2.45) is 0 Å². The normalized spacial score (nSPS) is 32.2. The van der Waals surface area contributed by atoms with Crippen LogP contribution in [0.25, 0.3) is 11.0 Å². The Morgan fingerprint density at radius 2 is 2.21 bits per heavy atom. The zero-order valence-electron chi connectivity index (χ0n) is 15.0. The van der Waals surface area contributed by atoms with E-state index in [4.69, 9.17) is 11.6 Å². The van der Waals surface area contributed by atoms with Crippen LogP contribution in [0.5, 0.6) is 0 Å². The van der Waals surface area contributed by atoms with E-state index in [1.54, 1.807) is 18.2 Å². The minimum atomic E-state index is -1.23. The molecule has 3 aliphatic rings. The second kappa shape index (κ2) is 6.33. The first-order chi connectivity index (χ1) is 12.8. The molecular weight excluding hydrogens is 417 g/mol. The summed E-state index contributed by atoms with van der Waals surface area (Å²) in [6.07, 6.45) is 0.378. The van der Waals surface area contributed by atoms with Crippen molar-refractivity contribution in [3.8, 4) is 0 Å². The molecule has 3 unspecified atom stereocenters. The van der Waals surface area contributed by atoms with Crippen LogP contribution in [-0.2, 0) is 20.9 Å². The fourth-order valence-corrected chi connectivity index (χ4v) is 6.19. The number of β-lactam (4-membered cyclic amide) rings is 1. The van der Waals surface area contributed by atoms with Gasteiger partial charge in [0.15, 0.2) is 0 Å². The molecule has 1 aromatic heterocycles. The quantitative estimate of drug-likeness (QED) is 0.390. The fraction of sp³-hybridized carbons (Fsp3) is 0.438. The first-order valence-electron chi connectivity index (χ1n) is 8.27. The van der Waals surface area contributed by atoms with Gasteiger partial charge < -0.3 is 20.1 Å². The maximum absolute atomic E-state index is 12.5. The van der Waals surface area contributed by atoms with Crippen LogP contribution in [0.2, 0.25) is 5.02 Å². The smallest absolute Gasteiger partial charge is 0.548 e. The zero-order chi connectivity index (χ0) is 19.1. The molecule has 2 aliphatic heterocycles. The average Bonchev–Trinajstić information content (AvgIpc) is 2.92. The Kier molecular flexibility index (Phi) is 4.51. The number of aliphatic carboxylic acids is 1. The van der Waals surface area contributed by atoms with Gasteiger partial charge >= 0.3 is 29.6 Å². The Morgan fingerprint density at radius 3 is 2.93 bits per heavy atom. The number of benzene rings is 1. The van der Waals surface area contributed by atoms with Crippen LogP contribution in [-0.4, -0.2) is 59.4 Å². The van der Waals surface area contributed by atoms with Gasteiger partial charge in [0.1, 0.15) is 23.5 Å². The van der Waals surface area contributed by atoms with E-state index in [1.807, 2.05) is 6.92 Å². The van der Waals surface area contributed by atoms with Crippen LogP contribution in [0, 0.1) is 0 Å². The summed E-state index contributed by atoms with van der Waals surface area (Å²) in [5.74, 6) is -2.02. The van der Waals surface area contributed by atoms with Gasteiger partial charge in [-0.1, -0.05) is 16.8 Å². The van der Waals surface area contributed by atoms with Crippen molar-refractivity contribution >= 4 is 52.2 Å². The molecule has 28 heavy (non-hydrogen) atoms. The number of halogens is 1. The number of carbonyl (C=O) groups is 3. The number of hydrogen-bond donors (Lipinski definition) is 1. The third kappa shape index (κ3) is 2.48. The summed E-state index contributed by atoms with van der Waals surface area (Å²) in [6.45, 7) is 1.70. The molecule has 1 N–H and O–H groups in total. The zero-order valence-corrected chi connectivity index (χ0v) is 18.6. The van der Waals surface area contributed by atoms with E-state index in [9.17, 15) is 19.5 Å². The van der Waals surface area contributed by atoms with Crippen LogP contribution in [0.4, 0.5) is 0 Å². The van der Waals surface area contributed by atoms with Gasteiger partial charge in [0.2, 0.25) is 11.8 Å². The van der Waals surface area contributed by atoms with Gasteiger partial charge in [-0.2, -0.15) is 0 Å². The molecule has 5 rings (SSSR count). The topological polar surface area (TPSA) is 120 Å². The number of carbonyl (C=O) groups excluding carboxylic acids is 3. The second-order valence-corrected chi connectivity index (χ2v) is 9.25. The Morgan fingerprint density at radius 1 is 1.46 bits per heavy atom. The van der Waals surface area contributed by atoms with Crippen LogP contribution in [0.15, 0.2) is 18.2 Å². The van der Waals surface area contributed by atoms with Crippen LogP contribution >= 0.6 is 23.4 Å². The van der Waals surface area contributed by atoms with E-state index >= 15 is 0 Å². The summed E-state index contributed by atoms with van der Waals surface area (Å²) < 4.78 is 0.873. The minimum Gasteiger partial charge on any atom is -0.548 e. The number of thioether (sulfide) groups is 1. The first kappa shape index (κ1) is 20.0. The molecule has 2 amide bonds. The van der Waals surface area contributed by atoms with Crippen molar-refractivity contribution in [3.05, 3.63) is 23.2 Å². The molecule has 2 aromatic rings. The minimum absolute atomic E-state index is 0. The molecule has 0 bridgehead atoms. The third-order valence-electron chi connectivity index (χ3n) is 5.60. The van der Waals surface area contributed by atoms with Crippen molar-refractivity contribution < 1.29 is 49.0 Å². The van der Waals surface area contributed by atoms with Gasteiger partial charge in [-0.3, -0.25) is 9.59 Å². The Hall–Kier alpha value is -1.33. The number of nitrogens with zero attached hydrogens (tertiary/aromatic N) is 4. The Labute approximate surface area is 190 Å². The van der Waals surface area contributed by atoms with Gasteiger partial charge in [-0.05, 0) is 31.5 Å². The van der Waals surface area contributed by atoms with E-state index in [0.29, 0.717) is 22.5 Å². The van der Waals surface area contributed by atoms with E-state index in [0.717, 1.165) is 0 Å². The number of aromatic nitrogens is 3. The van der Waals surface area contributed by atoms with Crippen molar-refractivity contribution in [1.29, 1.82) is 0 Å². The van der Waals surface area contributed by atoms with E-state index < -0.39 is 28.2 Å². The van der Waals surface area contributed by atoms with Crippen molar-refractivity contribution in [1.82, 2.24) is 25.2 Å². The molecule has 1 saturated carbocycles. The van der Waals surface area contributed by atoms with Gasteiger partial charge in [-0.25, -0.2) is 4.68 Å². The summed E-state index contributed by atoms with van der Waals surface area (Å²) in [7, 11) is 0. The summed E-state index contributed by atoms with van der Waals surface area (Å²) in [6, 6.07) is 4.29. The number of amides is 2. The molecule has 3 heterocycles. The number of nitrogens with one attached hydrogen (secondary N) is 1. The number of carboxylic acids is 1.